The number of rotatable bonds is 9. The first kappa shape index (κ1) is 25.1. The predicted molar refractivity (Wildman–Crippen MR) is 125 cm³/mol. The van der Waals surface area contributed by atoms with Crippen LogP contribution in [0.25, 0.3) is 0 Å². The Hall–Kier alpha value is -0.910. The van der Waals surface area contributed by atoms with Crippen LogP contribution in [-0.4, -0.2) is 63.0 Å². The molecule has 4 N–H and O–H groups in total. The molecule has 1 atom stereocenters. The first-order valence-electron chi connectivity index (χ1n) is 9.33. The molecule has 1 aliphatic rings. The average molecular weight is 569 g/mol. The fourth-order valence-electron chi connectivity index (χ4n) is 2.96. The Bertz CT molecular complexity index is 639. The van der Waals surface area contributed by atoms with Crippen LogP contribution in [0.3, 0.4) is 0 Å². The molecule has 0 saturated carbocycles. The van der Waals surface area contributed by atoms with E-state index in [0.717, 1.165) is 24.0 Å². The molecule has 2 rings (SSSR count). The zero-order valence-corrected chi connectivity index (χ0v) is 20.1. The van der Waals surface area contributed by atoms with Crippen LogP contribution in [0.5, 0.6) is 0 Å². The van der Waals surface area contributed by atoms with Crippen molar-refractivity contribution in [2.45, 2.75) is 19.8 Å². The second-order valence-corrected chi connectivity index (χ2v) is 7.58. The molecule has 0 radical (unpaired) electrons. The number of amides is 1. The molecule has 7 nitrogen and oxygen atoms in total. The maximum Gasteiger partial charge on any atom is 0.251 e. The molecule has 1 amide bonds. The van der Waals surface area contributed by atoms with Gasteiger partial charge in [0, 0.05) is 48.3 Å². The number of hydrogen-bond acceptors (Lipinski definition) is 4. The molecule has 158 valence electrons. The summed E-state index contributed by atoms with van der Waals surface area (Å²) in [5.74, 6) is 0.600. The zero-order valence-electron chi connectivity index (χ0n) is 16.2. The molecule has 28 heavy (non-hydrogen) atoms. The van der Waals surface area contributed by atoms with Gasteiger partial charge in [-0.2, -0.15) is 0 Å². The Kier molecular flexibility index (Phi) is 12.0. The number of nitrogens with zero attached hydrogens (tertiary/aromatic N) is 1. The zero-order chi connectivity index (χ0) is 19.5. The molecule has 1 saturated heterocycles. The lowest BCUT2D eigenvalue weighted by atomic mass is 9.84. The van der Waals surface area contributed by atoms with Crippen LogP contribution in [0.2, 0.25) is 0 Å². The Morgan fingerprint density at radius 1 is 1.32 bits per heavy atom. The molecule has 9 heteroatoms. The fraction of sp³-hybridized carbons (Fsp3) is 0.579. The van der Waals surface area contributed by atoms with Crippen molar-refractivity contribution >= 4 is 51.8 Å². The molecule has 0 aromatic heterocycles. The van der Waals surface area contributed by atoms with Crippen LogP contribution in [0.15, 0.2) is 33.7 Å². The van der Waals surface area contributed by atoms with Crippen molar-refractivity contribution in [2.75, 3.05) is 46.0 Å². The molecule has 1 aliphatic heterocycles. The van der Waals surface area contributed by atoms with Crippen molar-refractivity contribution in [1.82, 2.24) is 16.0 Å². The Balaban J connectivity index is 0.00000392. The van der Waals surface area contributed by atoms with Gasteiger partial charge in [0.25, 0.3) is 5.91 Å². The highest BCUT2D eigenvalue weighted by atomic mass is 127. The van der Waals surface area contributed by atoms with Crippen LogP contribution in [0.1, 0.15) is 30.1 Å². The van der Waals surface area contributed by atoms with E-state index in [1.165, 1.54) is 0 Å². The van der Waals surface area contributed by atoms with Crippen molar-refractivity contribution in [2.24, 2.45) is 10.4 Å². The second kappa shape index (κ2) is 13.3. The minimum atomic E-state index is -0.106. The topological polar surface area (TPSA) is 95.0 Å². The molecular formula is C19H30BrIN4O3. The number of carbonyl (C=O) groups excluding carboxylic acids is 1. The molecule has 1 fully saturated rings. The first-order valence-corrected chi connectivity index (χ1v) is 10.1. The van der Waals surface area contributed by atoms with Gasteiger partial charge < -0.3 is 25.8 Å². The summed E-state index contributed by atoms with van der Waals surface area (Å²) in [4.78, 5) is 16.8. The summed E-state index contributed by atoms with van der Waals surface area (Å²) in [6.45, 7) is 5.92. The molecule has 1 unspecified atom stereocenters. The third-order valence-electron chi connectivity index (χ3n) is 4.53. The molecule has 0 spiro atoms. The van der Waals surface area contributed by atoms with E-state index in [1.807, 2.05) is 19.1 Å². The van der Waals surface area contributed by atoms with Crippen LogP contribution in [-0.2, 0) is 4.74 Å². The number of aliphatic hydroxyl groups excluding tert-OH is 1. The van der Waals surface area contributed by atoms with Gasteiger partial charge in [-0.25, -0.2) is 0 Å². The largest absolute Gasteiger partial charge is 0.396 e. The molecule has 0 bridgehead atoms. The van der Waals surface area contributed by atoms with E-state index in [0.29, 0.717) is 44.2 Å². The minimum absolute atomic E-state index is 0. The van der Waals surface area contributed by atoms with Gasteiger partial charge in [0.1, 0.15) is 0 Å². The number of nitrogens with one attached hydrogen (secondary N) is 3. The van der Waals surface area contributed by atoms with E-state index in [1.54, 1.807) is 12.1 Å². The number of ether oxygens (including phenoxy) is 1. The van der Waals surface area contributed by atoms with Crippen LogP contribution in [0.4, 0.5) is 0 Å². The van der Waals surface area contributed by atoms with Crippen molar-refractivity contribution in [1.29, 1.82) is 0 Å². The molecule has 1 aromatic rings. The van der Waals surface area contributed by atoms with Gasteiger partial charge in [-0.3, -0.25) is 9.79 Å². The molecule has 1 aromatic carbocycles. The third-order valence-corrected chi connectivity index (χ3v) is 5.03. The normalized spacial score (nSPS) is 19.0. The van der Waals surface area contributed by atoms with Crippen LogP contribution in [0, 0.1) is 5.41 Å². The molecule has 0 aliphatic carbocycles. The van der Waals surface area contributed by atoms with Gasteiger partial charge in [0.05, 0.1) is 13.2 Å². The summed E-state index contributed by atoms with van der Waals surface area (Å²) in [6.07, 6.45) is 1.61. The van der Waals surface area contributed by atoms with E-state index in [4.69, 9.17) is 4.74 Å². The number of halogens is 2. The highest BCUT2D eigenvalue weighted by Crippen LogP contribution is 2.32. The summed E-state index contributed by atoms with van der Waals surface area (Å²) in [7, 11) is 0. The van der Waals surface area contributed by atoms with Gasteiger partial charge >= 0.3 is 0 Å². The predicted octanol–water partition coefficient (Wildman–Crippen LogP) is 2.14. The summed E-state index contributed by atoms with van der Waals surface area (Å²) in [5, 5.41) is 18.7. The van der Waals surface area contributed by atoms with E-state index < -0.39 is 0 Å². The number of hydrogen-bond donors (Lipinski definition) is 4. The van der Waals surface area contributed by atoms with Gasteiger partial charge in [-0.15, -0.1) is 24.0 Å². The van der Waals surface area contributed by atoms with Gasteiger partial charge in [-0.1, -0.05) is 22.0 Å². The van der Waals surface area contributed by atoms with Crippen molar-refractivity contribution in [3.05, 3.63) is 34.3 Å². The quantitative estimate of drug-likeness (QED) is 0.158. The summed E-state index contributed by atoms with van der Waals surface area (Å²) < 4.78 is 6.39. The average Bonchev–Trinajstić information content (AvgIpc) is 3.12. The smallest absolute Gasteiger partial charge is 0.251 e. The van der Waals surface area contributed by atoms with Gasteiger partial charge in [-0.05, 0) is 38.0 Å². The highest BCUT2D eigenvalue weighted by molar-refractivity contribution is 14.0. The van der Waals surface area contributed by atoms with Crippen LogP contribution >= 0.6 is 39.9 Å². The number of aliphatic hydroxyl groups is 1. The maximum absolute atomic E-state index is 12.1. The minimum Gasteiger partial charge on any atom is -0.396 e. The summed E-state index contributed by atoms with van der Waals surface area (Å²) in [5.41, 5.74) is 0.545. The van der Waals surface area contributed by atoms with Gasteiger partial charge in [0.15, 0.2) is 5.96 Å². The maximum atomic E-state index is 12.1. The van der Waals surface area contributed by atoms with E-state index in [9.17, 15) is 9.90 Å². The second-order valence-electron chi connectivity index (χ2n) is 6.66. The number of aliphatic imine (C=N–C) groups is 1. The monoisotopic (exact) mass is 568 g/mol. The number of carbonyl (C=O) groups is 1. The Morgan fingerprint density at radius 2 is 2.11 bits per heavy atom. The molecular weight excluding hydrogens is 539 g/mol. The summed E-state index contributed by atoms with van der Waals surface area (Å²) >= 11 is 3.37. The molecule has 1 heterocycles. The Labute approximate surface area is 192 Å². The fourth-order valence-corrected chi connectivity index (χ4v) is 3.36. The lowest BCUT2D eigenvalue weighted by Gasteiger charge is -2.24. The van der Waals surface area contributed by atoms with Crippen molar-refractivity contribution in [3.63, 3.8) is 0 Å². The van der Waals surface area contributed by atoms with Gasteiger partial charge in [0.2, 0.25) is 0 Å². The van der Waals surface area contributed by atoms with Crippen molar-refractivity contribution < 1.29 is 14.6 Å². The Morgan fingerprint density at radius 3 is 2.75 bits per heavy atom. The number of benzene rings is 1. The SMILES string of the molecule is CCNC(=NCC1(CCO)CCOC1)NCCNC(=O)c1cccc(Br)c1.I. The third kappa shape index (κ3) is 8.22. The van der Waals surface area contributed by atoms with E-state index in [-0.39, 0.29) is 41.9 Å². The standard InChI is InChI=1S/C19H29BrN4O3.HI/c1-2-21-18(24-13-19(6-10-25)7-11-27-14-19)23-9-8-22-17(26)15-4-3-5-16(20)12-15;/h3-5,12,25H,2,6-11,13-14H2,1H3,(H,22,26)(H2,21,23,24);1H. The van der Waals surface area contributed by atoms with E-state index in [2.05, 4.69) is 36.9 Å². The first-order chi connectivity index (χ1) is 13.1. The van der Waals surface area contributed by atoms with Crippen molar-refractivity contribution in [3.8, 4) is 0 Å². The summed E-state index contributed by atoms with van der Waals surface area (Å²) in [6, 6.07) is 7.29. The van der Waals surface area contributed by atoms with Crippen LogP contribution < -0.4 is 16.0 Å². The lowest BCUT2D eigenvalue weighted by Crippen LogP contribution is -2.42. The number of guanidine groups is 1. The lowest BCUT2D eigenvalue weighted by molar-refractivity contribution is 0.0954. The van der Waals surface area contributed by atoms with E-state index >= 15 is 0 Å². The highest BCUT2D eigenvalue weighted by Gasteiger charge is 2.34.